The summed E-state index contributed by atoms with van der Waals surface area (Å²) in [5, 5.41) is 0. The second-order valence-corrected chi connectivity index (χ2v) is 4.30. The molecule has 0 nitrogen and oxygen atoms in total. The zero-order chi connectivity index (χ0) is 10.0. The molecule has 1 rings (SSSR count). The second kappa shape index (κ2) is 4.18. The molecule has 0 saturated heterocycles. The predicted molar refractivity (Wildman–Crippen MR) is 52.9 cm³/mol. The number of hydrogen-bond acceptors (Lipinski definition) is 0. The molecule has 72 valence electrons. The van der Waals surface area contributed by atoms with Crippen molar-refractivity contribution in [2.24, 2.45) is 5.92 Å². The lowest BCUT2D eigenvalue weighted by Crippen LogP contribution is -2.01. The SMILES string of the molecule is CC(C)C(Br)c1ccc(F)cc1F. The molecule has 0 heterocycles. The first kappa shape index (κ1) is 10.6. The number of benzene rings is 1. The molecule has 0 aromatic heterocycles. The first-order chi connectivity index (χ1) is 6.02. The lowest BCUT2D eigenvalue weighted by molar-refractivity contribution is 0.550. The highest BCUT2D eigenvalue weighted by Crippen LogP contribution is 2.32. The van der Waals surface area contributed by atoms with Crippen LogP contribution >= 0.6 is 15.9 Å². The van der Waals surface area contributed by atoms with Gasteiger partial charge in [0.2, 0.25) is 0 Å². The van der Waals surface area contributed by atoms with Crippen LogP contribution in [0.2, 0.25) is 0 Å². The number of alkyl halides is 1. The van der Waals surface area contributed by atoms with E-state index in [-0.39, 0.29) is 10.7 Å². The Hall–Kier alpha value is -0.440. The third kappa shape index (κ3) is 2.50. The Labute approximate surface area is 85.1 Å². The van der Waals surface area contributed by atoms with Crippen LogP contribution in [0.3, 0.4) is 0 Å². The zero-order valence-electron chi connectivity index (χ0n) is 7.52. The molecule has 1 unspecified atom stereocenters. The molecule has 0 aliphatic heterocycles. The maximum atomic E-state index is 13.2. The Balaban J connectivity index is 3.01. The molecular formula is C10H11BrF2. The van der Waals surface area contributed by atoms with Gasteiger partial charge in [-0.1, -0.05) is 35.8 Å². The molecule has 0 fully saturated rings. The molecule has 1 atom stereocenters. The Bertz CT molecular complexity index is 297. The van der Waals surface area contributed by atoms with Crippen LogP contribution in [0.25, 0.3) is 0 Å². The summed E-state index contributed by atoms with van der Waals surface area (Å²) in [7, 11) is 0. The fraction of sp³-hybridized carbons (Fsp3) is 0.400. The van der Waals surface area contributed by atoms with E-state index < -0.39 is 11.6 Å². The highest BCUT2D eigenvalue weighted by molar-refractivity contribution is 9.09. The first-order valence-corrected chi connectivity index (χ1v) is 5.03. The van der Waals surface area contributed by atoms with Crippen LogP contribution < -0.4 is 0 Å². The molecular weight excluding hydrogens is 238 g/mol. The highest BCUT2D eigenvalue weighted by Gasteiger charge is 2.16. The smallest absolute Gasteiger partial charge is 0.130 e. The maximum Gasteiger partial charge on any atom is 0.130 e. The summed E-state index contributed by atoms with van der Waals surface area (Å²) in [4.78, 5) is -0.0619. The Morgan fingerprint density at radius 2 is 1.85 bits per heavy atom. The number of halogens is 3. The summed E-state index contributed by atoms with van der Waals surface area (Å²) in [6.45, 7) is 3.95. The fourth-order valence-corrected chi connectivity index (χ4v) is 1.46. The van der Waals surface area contributed by atoms with Gasteiger partial charge in [0.1, 0.15) is 11.6 Å². The van der Waals surface area contributed by atoms with E-state index >= 15 is 0 Å². The van der Waals surface area contributed by atoms with Gasteiger partial charge in [0.25, 0.3) is 0 Å². The van der Waals surface area contributed by atoms with Gasteiger partial charge in [-0.2, -0.15) is 0 Å². The molecule has 0 saturated carbocycles. The number of rotatable bonds is 2. The zero-order valence-corrected chi connectivity index (χ0v) is 9.11. The lowest BCUT2D eigenvalue weighted by Gasteiger charge is -2.14. The maximum absolute atomic E-state index is 13.2. The van der Waals surface area contributed by atoms with Crippen molar-refractivity contribution in [2.75, 3.05) is 0 Å². The van der Waals surface area contributed by atoms with E-state index in [2.05, 4.69) is 15.9 Å². The van der Waals surface area contributed by atoms with Crippen molar-refractivity contribution in [3.05, 3.63) is 35.4 Å². The summed E-state index contributed by atoms with van der Waals surface area (Å²) in [6.07, 6.45) is 0. The molecule has 0 aliphatic rings. The molecule has 3 heteroatoms. The highest BCUT2D eigenvalue weighted by atomic mass is 79.9. The van der Waals surface area contributed by atoms with Crippen molar-refractivity contribution in [1.82, 2.24) is 0 Å². The van der Waals surface area contributed by atoms with Gasteiger partial charge >= 0.3 is 0 Å². The van der Waals surface area contributed by atoms with E-state index in [0.29, 0.717) is 5.56 Å². The minimum atomic E-state index is -0.537. The van der Waals surface area contributed by atoms with Gasteiger partial charge in [0, 0.05) is 16.5 Å². The first-order valence-electron chi connectivity index (χ1n) is 4.11. The molecule has 0 radical (unpaired) electrons. The minimum Gasteiger partial charge on any atom is -0.207 e. The van der Waals surface area contributed by atoms with E-state index in [1.807, 2.05) is 13.8 Å². The summed E-state index contributed by atoms with van der Waals surface area (Å²) in [5.74, 6) is -0.750. The largest absolute Gasteiger partial charge is 0.207 e. The molecule has 0 bridgehead atoms. The van der Waals surface area contributed by atoms with Crippen LogP contribution in [0, 0.1) is 17.6 Å². The standard InChI is InChI=1S/C10H11BrF2/c1-6(2)10(11)8-4-3-7(12)5-9(8)13/h3-6,10H,1-2H3. The van der Waals surface area contributed by atoms with Gasteiger partial charge in [-0.15, -0.1) is 0 Å². The van der Waals surface area contributed by atoms with Crippen molar-refractivity contribution in [3.63, 3.8) is 0 Å². The van der Waals surface area contributed by atoms with Gasteiger partial charge in [-0.05, 0) is 12.0 Å². The van der Waals surface area contributed by atoms with Gasteiger partial charge in [0.05, 0.1) is 0 Å². The van der Waals surface area contributed by atoms with Crippen LogP contribution in [0.15, 0.2) is 18.2 Å². The van der Waals surface area contributed by atoms with Crippen molar-refractivity contribution >= 4 is 15.9 Å². The molecule has 0 N–H and O–H groups in total. The van der Waals surface area contributed by atoms with Gasteiger partial charge in [0.15, 0.2) is 0 Å². The van der Waals surface area contributed by atoms with Crippen molar-refractivity contribution in [2.45, 2.75) is 18.7 Å². The molecule has 0 amide bonds. The van der Waals surface area contributed by atoms with E-state index in [1.54, 1.807) is 0 Å². The van der Waals surface area contributed by atoms with Crippen LogP contribution in [0.4, 0.5) is 8.78 Å². The summed E-state index contributed by atoms with van der Waals surface area (Å²) in [6, 6.07) is 3.66. The molecule has 13 heavy (non-hydrogen) atoms. The summed E-state index contributed by atoms with van der Waals surface area (Å²) < 4.78 is 25.7. The van der Waals surface area contributed by atoms with Crippen LogP contribution in [0.5, 0.6) is 0 Å². The normalized spacial score (nSPS) is 13.4. The van der Waals surface area contributed by atoms with Crippen LogP contribution in [-0.2, 0) is 0 Å². The van der Waals surface area contributed by atoms with Gasteiger partial charge in [-0.25, -0.2) is 8.78 Å². The third-order valence-corrected chi connectivity index (χ3v) is 3.40. The van der Waals surface area contributed by atoms with Gasteiger partial charge < -0.3 is 0 Å². The molecule has 0 spiro atoms. The minimum absolute atomic E-state index is 0.0619. The second-order valence-electron chi connectivity index (χ2n) is 3.31. The van der Waals surface area contributed by atoms with Crippen molar-refractivity contribution in [3.8, 4) is 0 Å². The topological polar surface area (TPSA) is 0 Å². The Morgan fingerprint density at radius 3 is 2.31 bits per heavy atom. The number of hydrogen-bond donors (Lipinski definition) is 0. The molecule has 1 aromatic rings. The lowest BCUT2D eigenvalue weighted by atomic mass is 10.0. The van der Waals surface area contributed by atoms with E-state index in [1.165, 1.54) is 12.1 Å². The van der Waals surface area contributed by atoms with Crippen LogP contribution in [0.1, 0.15) is 24.2 Å². The van der Waals surface area contributed by atoms with E-state index in [9.17, 15) is 8.78 Å². The molecule has 1 aromatic carbocycles. The van der Waals surface area contributed by atoms with Crippen molar-refractivity contribution in [1.29, 1.82) is 0 Å². The predicted octanol–water partition coefficient (Wildman–Crippen LogP) is 4.06. The van der Waals surface area contributed by atoms with Crippen molar-refractivity contribution < 1.29 is 8.78 Å². The Kier molecular flexibility index (Phi) is 3.42. The van der Waals surface area contributed by atoms with E-state index in [0.717, 1.165) is 6.07 Å². The van der Waals surface area contributed by atoms with Crippen LogP contribution in [-0.4, -0.2) is 0 Å². The summed E-state index contributed by atoms with van der Waals surface area (Å²) in [5.41, 5.74) is 0.511. The third-order valence-electron chi connectivity index (χ3n) is 1.84. The molecule has 0 aliphatic carbocycles. The Morgan fingerprint density at radius 1 is 1.23 bits per heavy atom. The van der Waals surface area contributed by atoms with Gasteiger partial charge in [-0.3, -0.25) is 0 Å². The fourth-order valence-electron chi connectivity index (χ4n) is 1.08. The monoisotopic (exact) mass is 248 g/mol. The quantitative estimate of drug-likeness (QED) is 0.693. The van der Waals surface area contributed by atoms with E-state index in [4.69, 9.17) is 0 Å². The summed E-state index contributed by atoms with van der Waals surface area (Å²) >= 11 is 3.36. The average Bonchev–Trinajstić information content (AvgIpc) is 2.03. The average molecular weight is 249 g/mol.